The lowest BCUT2D eigenvalue weighted by Gasteiger charge is -2.18. The van der Waals surface area contributed by atoms with Crippen LogP contribution in [0.4, 0.5) is 0 Å². The van der Waals surface area contributed by atoms with E-state index in [-0.39, 0.29) is 18.6 Å². The lowest BCUT2D eigenvalue weighted by atomic mass is 10.0. The summed E-state index contributed by atoms with van der Waals surface area (Å²) in [6.07, 6.45) is -0.0735. The van der Waals surface area contributed by atoms with Gasteiger partial charge in [-0.05, 0) is 25.8 Å². The van der Waals surface area contributed by atoms with Gasteiger partial charge in [0.15, 0.2) is 0 Å². The van der Waals surface area contributed by atoms with Gasteiger partial charge in [-0.2, -0.15) is 0 Å². The fraction of sp³-hybridized carbons (Fsp3) is 0.500. The fourth-order valence-corrected chi connectivity index (χ4v) is 1.72. The number of ether oxygens (including phenoxy) is 1. The van der Waals surface area contributed by atoms with Gasteiger partial charge in [0, 0.05) is 12.6 Å². The van der Waals surface area contributed by atoms with Crippen LogP contribution < -0.4 is 5.32 Å². The van der Waals surface area contributed by atoms with Crippen molar-refractivity contribution in [3.63, 3.8) is 0 Å². The van der Waals surface area contributed by atoms with Gasteiger partial charge in [0.1, 0.15) is 6.61 Å². The first-order chi connectivity index (χ1) is 8.63. The molecule has 18 heavy (non-hydrogen) atoms. The summed E-state index contributed by atoms with van der Waals surface area (Å²) in [5.74, 6) is -0.149. The number of aliphatic hydroxyl groups excluding tert-OH is 1. The highest BCUT2D eigenvalue weighted by atomic mass is 16.5. The van der Waals surface area contributed by atoms with E-state index in [0.717, 1.165) is 5.56 Å². The van der Waals surface area contributed by atoms with Crippen LogP contribution in [0.5, 0.6) is 0 Å². The maximum atomic E-state index is 11.4. The van der Waals surface area contributed by atoms with Gasteiger partial charge in [-0.3, -0.25) is 4.79 Å². The van der Waals surface area contributed by atoms with Gasteiger partial charge in [0.25, 0.3) is 0 Å². The molecule has 0 aromatic heterocycles. The number of rotatable bonds is 7. The van der Waals surface area contributed by atoms with Crippen LogP contribution in [0.2, 0.25) is 0 Å². The summed E-state index contributed by atoms with van der Waals surface area (Å²) in [7, 11) is 0. The number of carbonyl (C=O) groups is 1. The number of benzene rings is 1. The highest BCUT2D eigenvalue weighted by Gasteiger charge is 2.13. The van der Waals surface area contributed by atoms with Gasteiger partial charge in [-0.15, -0.1) is 0 Å². The van der Waals surface area contributed by atoms with Crippen LogP contribution in [0.25, 0.3) is 0 Å². The second-order valence-electron chi connectivity index (χ2n) is 4.27. The van der Waals surface area contributed by atoms with Crippen LogP contribution in [0, 0.1) is 0 Å². The van der Waals surface area contributed by atoms with Gasteiger partial charge in [-0.25, -0.2) is 0 Å². The van der Waals surface area contributed by atoms with Gasteiger partial charge >= 0.3 is 0 Å². The Morgan fingerprint density at radius 3 is 2.67 bits per heavy atom. The molecule has 0 heterocycles. The second kappa shape index (κ2) is 7.84. The molecule has 1 amide bonds. The molecule has 0 aliphatic carbocycles. The number of hydrogen-bond acceptors (Lipinski definition) is 3. The van der Waals surface area contributed by atoms with Crippen molar-refractivity contribution in [3.8, 4) is 0 Å². The first-order valence-electron chi connectivity index (χ1n) is 6.23. The van der Waals surface area contributed by atoms with E-state index in [1.54, 1.807) is 0 Å². The number of hydrogen-bond donors (Lipinski definition) is 2. The van der Waals surface area contributed by atoms with Crippen molar-refractivity contribution in [3.05, 3.63) is 35.9 Å². The highest BCUT2D eigenvalue weighted by molar-refractivity contribution is 5.77. The molecule has 0 fully saturated rings. The molecule has 0 radical (unpaired) electrons. The van der Waals surface area contributed by atoms with Gasteiger partial charge in [-0.1, -0.05) is 30.3 Å². The van der Waals surface area contributed by atoms with Gasteiger partial charge < -0.3 is 15.2 Å². The summed E-state index contributed by atoms with van der Waals surface area (Å²) in [4.78, 5) is 11.4. The number of carbonyl (C=O) groups excluding carboxylic acids is 1. The molecular weight excluding hydrogens is 230 g/mol. The Hall–Kier alpha value is -1.39. The molecule has 4 heteroatoms. The molecule has 0 aliphatic rings. The zero-order valence-corrected chi connectivity index (χ0v) is 10.9. The normalized spacial score (nSPS) is 13.9. The third kappa shape index (κ3) is 5.29. The Bertz CT molecular complexity index is 353. The van der Waals surface area contributed by atoms with Gasteiger partial charge in [0.05, 0.1) is 6.10 Å². The summed E-state index contributed by atoms with van der Waals surface area (Å²) in [6, 6.07) is 9.34. The van der Waals surface area contributed by atoms with Crippen molar-refractivity contribution in [2.24, 2.45) is 0 Å². The molecule has 0 aliphatic heterocycles. The molecule has 1 aromatic rings. The number of nitrogens with one attached hydrogen (secondary N) is 1. The van der Waals surface area contributed by atoms with E-state index in [1.165, 1.54) is 0 Å². The lowest BCUT2D eigenvalue weighted by Crippen LogP contribution is -2.36. The first-order valence-corrected chi connectivity index (χ1v) is 6.23. The smallest absolute Gasteiger partial charge is 0.246 e. The van der Waals surface area contributed by atoms with Crippen molar-refractivity contribution in [2.45, 2.75) is 32.4 Å². The van der Waals surface area contributed by atoms with Crippen molar-refractivity contribution >= 4 is 5.91 Å². The summed E-state index contributed by atoms with van der Waals surface area (Å²) in [6.45, 7) is 4.31. The van der Waals surface area contributed by atoms with Crippen LogP contribution in [0.15, 0.2) is 30.3 Å². The molecule has 1 aromatic carbocycles. The molecule has 2 N–H and O–H groups in total. The molecule has 1 rings (SSSR count). The van der Waals surface area contributed by atoms with E-state index in [4.69, 9.17) is 4.74 Å². The Morgan fingerprint density at radius 1 is 1.39 bits per heavy atom. The van der Waals surface area contributed by atoms with Crippen molar-refractivity contribution in [1.82, 2.24) is 5.32 Å². The van der Waals surface area contributed by atoms with Crippen molar-refractivity contribution in [1.29, 1.82) is 0 Å². The molecule has 0 spiro atoms. The minimum absolute atomic E-state index is 0.0717. The molecule has 2 atom stereocenters. The third-order valence-electron chi connectivity index (χ3n) is 2.61. The third-order valence-corrected chi connectivity index (χ3v) is 2.61. The van der Waals surface area contributed by atoms with Crippen LogP contribution in [-0.2, 0) is 9.53 Å². The highest BCUT2D eigenvalue weighted by Crippen LogP contribution is 2.17. The molecule has 2 unspecified atom stereocenters. The molecule has 0 bridgehead atoms. The maximum Gasteiger partial charge on any atom is 0.246 e. The number of amides is 1. The molecular formula is C14H21NO3. The zero-order valence-electron chi connectivity index (χ0n) is 10.9. The van der Waals surface area contributed by atoms with Crippen LogP contribution in [0.3, 0.4) is 0 Å². The van der Waals surface area contributed by atoms with E-state index in [2.05, 4.69) is 5.32 Å². The van der Waals surface area contributed by atoms with Crippen LogP contribution in [-0.4, -0.2) is 30.3 Å². The largest absolute Gasteiger partial charge is 0.388 e. The standard InChI is InChI=1S/C14H21NO3/c1-3-18-10-14(17)15-11(2)9-13(16)12-7-5-4-6-8-12/h4-8,11,13,16H,3,9-10H2,1-2H3,(H,15,17). The Labute approximate surface area is 108 Å². The summed E-state index contributed by atoms with van der Waals surface area (Å²) < 4.78 is 5.01. The second-order valence-corrected chi connectivity index (χ2v) is 4.27. The average Bonchev–Trinajstić information content (AvgIpc) is 2.37. The lowest BCUT2D eigenvalue weighted by molar-refractivity contribution is -0.126. The van der Waals surface area contributed by atoms with Gasteiger partial charge in [0.2, 0.25) is 5.91 Å². The van der Waals surface area contributed by atoms with Crippen LogP contribution >= 0.6 is 0 Å². The van der Waals surface area contributed by atoms with E-state index < -0.39 is 6.10 Å². The monoisotopic (exact) mass is 251 g/mol. The molecule has 100 valence electrons. The minimum atomic E-state index is -0.561. The Balaban J connectivity index is 2.36. The van der Waals surface area contributed by atoms with E-state index in [0.29, 0.717) is 13.0 Å². The first kappa shape index (κ1) is 14.7. The quantitative estimate of drug-likeness (QED) is 0.774. The Kier molecular flexibility index (Phi) is 6.39. The summed E-state index contributed by atoms with van der Waals surface area (Å²) in [5.41, 5.74) is 0.864. The van der Waals surface area contributed by atoms with E-state index in [1.807, 2.05) is 44.2 Å². The summed E-state index contributed by atoms with van der Waals surface area (Å²) in [5, 5.41) is 12.8. The van der Waals surface area contributed by atoms with E-state index >= 15 is 0 Å². The summed E-state index contributed by atoms with van der Waals surface area (Å²) >= 11 is 0. The predicted molar refractivity (Wildman–Crippen MR) is 70.1 cm³/mol. The minimum Gasteiger partial charge on any atom is -0.388 e. The van der Waals surface area contributed by atoms with Crippen molar-refractivity contribution in [2.75, 3.05) is 13.2 Å². The topological polar surface area (TPSA) is 58.6 Å². The van der Waals surface area contributed by atoms with Crippen molar-refractivity contribution < 1.29 is 14.6 Å². The number of aliphatic hydroxyl groups is 1. The zero-order chi connectivity index (χ0) is 13.4. The van der Waals surface area contributed by atoms with E-state index in [9.17, 15) is 9.90 Å². The fourth-order valence-electron chi connectivity index (χ4n) is 1.72. The molecule has 0 saturated heterocycles. The van der Waals surface area contributed by atoms with Crippen LogP contribution in [0.1, 0.15) is 31.9 Å². The average molecular weight is 251 g/mol. The predicted octanol–water partition coefficient (Wildman–Crippen LogP) is 1.65. The SMILES string of the molecule is CCOCC(=O)NC(C)CC(O)c1ccccc1. The molecule has 4 nitrogen and oxygen atoms in total. The molecule has 0 saturated carbocycles. The Morgan fingerprint density at radius 2 is 2.06 bits per heavy atom. The maximum absolute atomic E-state index is 11.4.